The van der Waals surface area contributed by atoms with Crippen molar-refractivity contribution in [1.29, 1.82) is 0 Å². The van der Waals surface area contributed by atoms with Gasteiger partial charge < -0.3 is 5.11 Å². The Labute approximate surface area is 162 Å². The molecule has 0 saturated heterocycles. The lowest BCUT2D eigenvalue weighted by molar-refractivity contribution is -0.141. The Morgan fingerprint density at radius 2 is 1.90 bits per heavy atom. The predicted octanol–water partition coefficient (Wildman–Crippen LogP) is 2.92. The second-order valence-electron chi connectivity index (χ2n) is 6.95. The van der Waals surface area contributed by atoms with E-state index in [-0.39, 0.29) is 10.6 Å². The van der Waals surface area contributed by atoms with Gasteiger partial charge in [0.2, 0.25) is 10.0 Å². The van der Waals surface area contributed by atoms with Crippen LogP contribution in [0, 0.1) is 0 Å². The number of alkyl halides is 3. The molecule has 29 heavy (non-hydrogen) atoms. The highest BCUT2D eigenvalue weighted by atomic mass is 32.2. The molecule has 1 aromatic carbocycles. The first-order valence-corrected chi connectivity index (χ1v) is 10.0. The minimum atomic E-state index is -4.66. The lowest BCUT2D eigenvalue weighted by atomic mass is 10.0. The lowest BCUT2D eigenvalue weighted by Gasteiger charge is -2.33. The number of fused-ring (bicyclic) bond motifs is 7. The van der Waals surface area contributed by atoms with E-state index in [4.69, 9.17) is 0 Å². The summed E-state index contributed by atoms with van der Waals surface area (Å²) in [5.41, 5.74) is 1.63. The number of hydrogen-bond donors (Lipinski definition) is 2. The molecule has 0 amide bonds. The Balaban J connectivity index is 1.64. The van der Waals surface area contributed by atoms with Gasteiger partial charge in [0.1, 0.15) is 16.3 Å². The van der Waals surface area contributed by atoms with Crippen molar-refractivity contribution in [2.75, 3.05) is 0 Å². The molecule has 0 radical (unpaired) electrons. The van der Waals surface area contributed by atoms with Crippen LogP contribution in [-0.2, 0) is 22.6 Å². The third-order valence-electron chi connectivity index (χ3n) is 5.33. The van der Waals surface area contributed by atoms with E-state index < -0.39 is 34.0 Å². The normalized spacial score (nSPS) is 21.1. The summed E-state index contributed by atoms with van der Waals surface area (Å²) in [6.45, 7) is 0. The highest BCUT2D eigenvalue weighted by molar-refractivity contribution is 7.89. The molecule has 11 heteroatoms. The minimum Gasteiger partial charge on any atom is -0.508 e. The van der Waals surface area contributed by atoms with Crippen molar-refractivity contribution in [1.82, 2.24) is 19.5 Å². The largest absolute Gasteiger partial charge is 0.508 e. The number of nitrogens with one attached hydrogen (secondary N) is 1. The van der Waals surface area contributed by atoms with Gasteiger partial charge in [0.05, 0.1) is 18.3 Å². The van der Waals surface area contributed by atoms with Crippen LogP contribution in [0.25, 0.3) is 0 Å². The van der Waals surface area contributed by atoms with E-state index in [0.717, 1.165) is 23.5 Å². The van der Waals surface area contributed by atoms with Gasteiger partial charge >= 0.3 is 6.18 Å². The Kier molecular flexibility index (Phi) is 3.63. The van der Waals surface area contributed by atoms with Crippen LogP contribution in [0.4, 0.5) is 13.2 Å². The lowest BCUT2D eigenvalue weighted by Crippen LogP contribution is -2.37. The molecule has 0 saturated carbocycles. The van der Waals surface area contributed by atoms with E-state index in [9.17, 15) is 26.7 Å². The molecule has 2 aromatic heterocycles. The van der Waals surface area contributed by atoms with E-state index in [1.165, 1.54) is 22.6 Å². The first kappa shape index (κ1) is 18.1. The van der Waals surface area contributed by atoms with E-state index in [0.29, 0.717) is 23.6 Å². The van der Waals surface area contributed by atoms with Gasteiger partial charge in [-0.1, -0.05) is 6.07 Å². The third kappa shape index (κ3) is 2.57. The summed E-state index contributed by atoms with van der Waals surface area (Å²) in [4.78, 5) is 2.96. The van der Waals surface area contributed by atoms with Gasteiger partial charge in [0.25, 0.3) is 0 Å². The molecule has 2 aliphatic heterocycles. The molecule has 4 heterocycles. The van der Waals surface area contributed by atoms with E-state index in [2.05, 4.69) is 15.2 Å². The Bertz CT molecular complexity index is 1220. The molecule has 7 nitrogen and oxygen atoms in total. The molecule has 3 aromatic rings. The van der Waals surface area contributed by atoms with Crippen molar-refractivity contribution >= 4 is 10.0 Å². The molecule has 2 aliphatic rings. The van der Waals surface area contributed by atoms with Crippen LogP contribution in [0.3, 0.4) is 0 Å². The molecule has 0 fully saturated rings. The summed E-state index contributed by atoms with van der Waals surface area (Å²) >= 11 is 0. The maximum Gasteiger partial charge on any atom is 0.433 e. The third-order valence-corrected chi connectivity index (χ3v) is 7.19. The zero-order valence-electron chi connectivity index (χ0n) is 14.6. The van der Waals surface area contributed by atoms with Gasteiger partial charge in [-0.05, 0) is 35.4 Å². The predicted molar refractivity (Wildman–Crippen MR) is 93.2 cm³/mol. The number of nitrogens with zero attached hydrogens (tertiary/aromatic N) is 3. The number of benzene rings is 1. The van der Waals surface area contributed by atoms with Gasteiger partial charge in [-0.25, -0.2) is 8.42 Å². The number of halogens is 3. The molecular weight excluding hydrogens is 409 g/mol. The van der Waals surface area contributed by atoms with E-state index >= 15 is 0 Å². The van der Waals surface area contributed by atoms with Crippen LogP contribution in [0.5, 0.6) is 5.75 Å². The van der Waals surface area contributed by atoms with Crippen LogP contribution in [0.15, 0.2) is 47.6 Å². The number of hydrogen-bond acceptors (Lipinski definition) is 5. The van der Waals surface area contributed by atoms with Gasteiger partial charge in [-0.2, -0.15) is 22.6 Å². The number of H-pyrrole nitrogens is 1. The maximum absolute atomic E-state index is 13.4. The van der Waals surface area contributed by atoms with Crippen molar-refractivity contribution < 1.29 is 26.7 Å². The second-order valence-corrected chi connectivity index (χ2v) is 8.79. The molecule has 0 aliphatic carbocycles. The number of sulfonamides is 1. The highest BCUT2D eigenvalue weighted by Gasteiger charge is 2.51. The highest BCUT2D eigenvalue weighted by Crippen LogP contribution is 2.54. The fourth-order valence-electron chi connectivity index (χ4n) is 4.10. The Morgan fingerprint density at radius 1 is 1.10 bits per heavy atom. The quantitative estimate of drug-likeness (QED) is 0.662. The second kappa shape index (κ2) is 5.80. The first-order valence-electron chi connectivity index (χ1n) is 8.59. The summed E-state index contributed by atoms with van der Waals surface area (Å²) in [6.07, 6.45) is -2.07. The fraction of sp³-hybridized carbons (Fsp3) is 0.222. The molecular formula is C18H13F3N4O3S. The average Bonchev–Trinajstić information content (AvgIpc) is 3.23. The van der Waals surface area contributed by atoms with Gasteiger partial charge in [0, 0.05) is 23.9 Å². The van der Waals surface area contributed by atoms with Gasteiger partial charge in [0.15, 0.2) is 0 Å². The van der Waals surface area contributed by atoms with Crippen molar-refractivity contribution in [3.8, 4) is 5.75 Å². The van der Waals surface area contributed by atoms with Gasteiger partial charge in [-0.3, -0.25) is 10.1 Å². The summed E-state index contributed by atoms with van der Waals surface area (Å²) in [7, 11) is -4.18. The molecule has 2 unspecified atom stereocenters. The number of pyridine rings is 1. The van der Waals surface area contributed by atoms with Crippen molar-refractivity contribution in [3.05, 3.63) is 70.8 Å². The summed E-state index contributed by atoms with van der Waals surface area (Å²) < 4.78 is 66.5. The van der Waals surface area contributed by atoms with Crippen molar-refractivity contribution in [3.63, 3.8) is 0 Å². The Hall–Kier alpha value is -2.92. The summed E-state index contributed by atoms with van der Waals surface area (Å²) in [5.74, 6) is -0.00473. The Morgan fingerprint density at radius 3 is 2.59 bits per heavy atom. The van der Waals surface area contributed by atoms with E-state index in [1.54, 1.807) is 6.07 Å². The number of rotatable bonds is 2. The molecule has 2 bridgehead atoms. The van der Waals surface area contributed by atoms with E-state index in [1.807, 2.05) is 0 Å². The number of aromatic amines is 1. The van der Waals surface area contributed by atoms with Crippen LogP contribution in [-0.4, -0.2) is 33.0 Å². The topological polar surface area (TPSA) is 99.2 Å². The number of phenols is 1. The number of phenolic OH excluding ortho intramolecular Hbond substituents is 1. The van der Waals surface area contributed by atoms with Crippen molar-refractivity contribution in [2.45, 2.75) is 29.6 Å². The standard InChI is InChI=1S/C18H13F3N4O3S/c19-18(20,21)16-4-2-10(7-22-16)29(27,28)25-15-6-14-13(8-23-24-14)17(25)12-5-9(26)1-3-11(12)15/h1-5,7-8,15,17,26H,6H2,(H,23,24). The molecule has 5 rings (SSSR count). The molecule has 150 valence electrons. The maximum atomic E-state index is 13.4. The van der Waals surface area contributed by atoms with Gasteiger partial charge in [-0.15, -0.1) is 0 Å². The summed E-state index contributed by atoms with van der Waals surface area (Å²) in [6, 6.07) is 4.92. The first-order chi connectivity index (χ1) is 13.7. The number of aromatic hydroxyl groups is 1. The molecule has 0 spiro atoms. The van der Waals surface area contributed by atoms with Crippen LogP contribution < -0.4 is 0 Å². The van der Waals surface area contributed by atoms with Crippen LogP contribution in [0.1, 0.15) is 40.2 Å². The molecule has 2 N–H and O–H groups in total. The smallest absolute Gasteiger partial charge is 0.433 e. The monoisotopic (exact) mass is 422 g/mol. The fourth-order valence-corrected chi connectivity index (χ4v) is 5.80. The van der Waals surface area contributed by atoms with Crippen LogP contribution >= 0.6 is 0 Å². The SMILES string of the molecule is O=S(=O)(c1ccc(C(F)(F)F)nc1)N1C2Cc3[nH]ncc3C1c1cc(O)ccc12. The minimum absolute atomic E-state index is 0.00473. The van der Waals surface area contributed by atoms with Crippen molar-refractivity contribution in [2.24, 2.45) is 0 Å². The zero-order valence-corrected chi connectivity index (χ0v) is 15.4. The van der Waals surface area contributed by atoms with Crippen LogP contribution in [0.2, 0.25) is 0 Å². The molecule has 2 atom stereocenters. The summed E-state index contributed by atoms with van der Waals surface area (Å²) in [5, 5.41) is 16.8. The average molecular weight is 422 g/mol. The number of aromatic nitrogens is 3. The zero-order chi connectivity index (χ0) is 20.6.